The fraction of sp³-hybridized carbons (Fsp3) is 0.667. The van der Waals surface area contributed by atoms with E-state index in [1.807, 2.05) is 12.1 Å². The number of aromatic nitrogens is 1. The number of pyridine rings is 1. The summed E-state index contributed by atoms with van der Waals surface area (Å²) in [5.41, 5.74) is 1.08. The van der Waals surface area contributed by atoms with E-state index in [4.69, 9.17) is 0 Å². The first-order valence-electron chi connectivity index (χ1n) is 9.22. The first-order chi connectivity index (χ1) is 12.0. The maximum absolute atomic E-state index is 12.6. The lowest BCUT2D eigenvalue weighted by atomic mass is 10.1. The molecule has 1 aliphatic carbocycles. The van der Waals surface area contributed by atoms with Gasteiger partial charge in [0.25, 0.3) is 0 Å². The minimum absolute atomic E-state index is 0.0394. The van der Waals surface area contributed by atoms with Crippen LogP contribution in [-0.2, 0) is 21.2 Å². The van der Waals surface area contributed by atoms with Gasteiger partial charge in [-0.3, -0.25) is 9.78 Å². The van der Waals surface area contributed by atoms with Gasteiger partial charge in [0.1, 0.15) is 0 Å². The predicted molar refractivity (Wildman–Crippen MR) is 96.5 cm³/mol. The average Bonchev–Trinajstić information content (AvgIpc) is 3.13. The third-order valence-electron chi connectivity index (χ3n) is 5.23. The molecule has 0 radical (unpaired) electrons. The highest BCUT2D eigenvalue weighted by atomic mass is 32.2. The van der Waals surface area contributed by atoms with Crippen molar-refractivity contribution in [3.05, 3.63) is 30.1 Å². The van der Waals surface area contributed by atoms with E-state index in [1.54, 1.807) is 17.3 Å². The molecule has 1 N–H and O–H groups in total. The third kappa shape index (κ3) is 5.01. The smallest absolute Gasteiger partial charge is 0.222 e. The molecule has 6 nitrogen and oxygen atoms in total. The van der Waals surface area contributed by atoms with E-state index in [1.165, 1.54) is 0 Å². The van der Waals surface area contributed by atoms with Crippen molar-refractivity contribution in [2.24, 2.45) is 0 Å². The minimum Gasteiger partial charge on any atom is -0.341 e. The third-order valence-corrected chi connectivity index (χ3v) is 7.16. The second-order valence-corrected chi connectivity index (χ2v) is 9.10. The zero-order valence-electron chi connectivity index (χ0n) is 14.6. The van der Waals surface area contributed by atoms with Crippen molar-refractivity contribution in [1.29, 1.82) is 0 Å². The molecular formula is C18H27N3O3S. The largest absolute Gasteiger partial charge is 0.341 e. The van der Waals surface area contributed by atoms with E-state index in [2.05, 4.69) is 9.71 Å². The van der Waals surface area contributed by atoms with Crippen LogP contribution in [0.1, 0.15) is 50.5 Å². The fourth-order valence-electron chi connectivity index (χ4n) is 3.75. The molecule has 2 aliphatic rings. The topological polar surface area (TPSA) is 79.4 Å². The highest BCUT2D eigenvalue weighted by Crippen LogP contribution is 2.22. The number of likely N-dealkylation sites (tertiary alicyclic amines) is 1. The molecule has 2 fully saturated rings. The van der Waals surface area contributed by atoms with Crippen LogP contribution in [0.2, 0.25) is 0 Å². The van der Waals surface area contributed by atoms with Crippen molar-refractivity contribution in [1.82, 2.24) is 14.6 Å². The molecule has 0 spiro atoms. The molecule has 2 heterocycles. The summed E-state index contributed by atoms with van der Waals surface area (Å²) < 4.78 is 28.1. The Balaban J connectivity index is 1.53. The van der Waals surface area contributed by atoms with Gasteiger partial charge in [-0.2, -0.15) is 0 Å². The molecule has 0 aromatic carbocycles. The molecular weight excluding hydrogens is 338 g/mol. The number of amides is 1. The van der Waals surface area contributed by atoms with Crippen LogP contribution in [-0.4, -0.2) is 48.6 Å². The molecule has 1 saturated heterocycles. The van der Waals surface area contributed by atoms with Crippen LogP contribution in [0.15, 0.2) is 24.5 Å². The molecule has 25 heavy (non-hydrogen) atoms. The Morgan fingerprint density at radius 3 is 2.60 bits per heavy atom. The van der Waals surface area contributed by atoms with Crippen LogP contribution in [0.25, 0.3) is 0 Å². The molecule has 0 unspecified atom stereocenters. The van der Waals surface area contributed by atoms with E-state index in [0.29, 0.717) is 32.4 Å². The van der Waals surface area contributed by atoms with Crippen molar-refractivity contribution in [3.63, 3.8) is 0 Å². The fourth-order valence-corrected chi connectivity index (χ4v) is 5.49. The maximum Gasteiger partial charge on any atom is 0.222 e. The van der Waals surface area contributed by atoms with Gasteiger partial charge >= 0.3 is 0 Å². The van der Waals surface area contributed by atoms with Gasteiger partial charge in [-0.25, -0.2) is 13.1 Å². The minimum atomic E-state index is -3.35. The van der Waals surface area contributed by atoms with Crippen molar-refractivity contribution in [3.8, 4) is 0 Å². The highest BCUT2D eigenvalue weighted by Gasteiger charge is 2.34. The van der Waals surface area contributed by atoms with Crippen LogP contribution in [0, 0.1) is 0 Å². The number of rotatable bonds is 6. The van der Waals surface area contributed by atoms with E-state index in [-0.39, 0.29) is 11.9 Å². The Hall–Kier alpha value is -1.47. The molecule has 0 bridgehead atoms. The molecule has 7 heteroatoms. The van der Waals surface area contributed by atoms with E-state index < -0.39 is 15.3 Å². The van der Waals surface area contributed by atoms with Gasteiger partial charge in [-0.15, -0.1) is 0 Å². The lowest BCUT2D eigenvalue weighted by Crippen LogP contribution is -2.50. The standard InChI is InChI=1S/C18H27N3O3S/c22-18(8-7-15-9-11-19-12-10-15)21-13-3-6-17(14-21)25(23,24)20-16-4-1-2-5-16/h9-12,16-17,20H,1-8,13-14H2/t17-/m0/s1. The number of sulfonamides is 1. The van der Waals surface area contributed by atoms with Gasteiger partial charge in [0.05, 0.1) is 5.25 Å². The lowest BCUT2D eigenvalue weighted by Gasteiger charge is -2.33. The molecule has 138 valence electrons. The summed E-state index contributed by atoms with van der Waals surface area (Å²) in [5.74, 6) is 0.0394. The zero-order chi connectivity index (χ0) is 17.7. The Labute approximate surface area is 150 Å². The van der Waals surface area contributed by atoms with Gasteiger partial charge in [0.2, 0.25) is 15.9 Å². The first kappa shape index (κ1) is 18.3. The number of carbonyl (C=O) groups is 1. The molecule has 1 amide bonds. The summed E-state index contributed by atoms with van der Waals surface area (Å²) in [6.07, 6.45) is 9.95. The number of nitrogens with zero attached hydrogens (tertiary/aromatic N) is 2. The van der Waals surface area contributed by atoms with Crippen LogP contribution >= 0.6 is 0 Å². The summed E-state index contributed by atoms with van der Waals surface area (Å²) >= 11 is 0. The van der Waals surface area contributed by atoms with Crippen molar-refractivity contribution < 1.29 is 13.2 Å². The Bertz CT molecular complexity index is 672. The van der Waals surface area contributed by atoms with Crippen LogP contribution in [0.4, 0.5) is 0 Å². The zero-order valence-corrected chi connectivity index (χ0v) is 15.4. The average molecular weight is 365 g/mol. The number of aryl methyl sites for hydroxylation is 1. The molecule has 1 atom stereocenters. The monoisotopic (exact) mass is 365 g/mol. The van der Waals surface area contributed by atoms with Gasteiger partial charge in [0.15, 0.2) is 0 Å². The SMILES string of the molecule is O=C(CCc1ccncc1)N1CCC[C@H](S(=O)(=O)NC2CCCC2)C1. The summed E-state index contributed by atoms with van der Waals surface area (Å²) in [4.78, 5) is 18.2. The molecule has 1 aromatic rings. The lowest BCUT2D eigenvalue weighted by molar-refractivity contribution is -0.131. The summed E-state index contributed by atoms with van der Waals surface area (Å²) in [6, 6.07) is 3.90. The number of piperidine rings is 1. The summed E-state index contributed by atoms with van der Waals surface area (Å²) in [5, 5.41) is -0.480. The summed E-state index contributed by atoms with van der Waals surface area (Å²) in [6.45, 7) is 0.974. The highest BCUT2D eigenvalue weighted by molar-refractivity contribution is 7.90. The number of carbonyl (C=O) groups excluding carboxylic acids is 1. The van der Waals surface area contributed by atoms with Crippen molar-refractivity contribution in [2.75, 3.05) is 13.1 Å². The van der Waals surface area contributed by atoms with E-state index in [0.717, 1.165) is 37.7 Å². The molecule has 1 aliphatic heterocycles. The van der Waals surface area contributed by atoms with Gasteiger partial charge in [0, 0.05) is 37.9 Å². The van der Waals surface area contributed by atoms with Crippen LogP contribution in [0.3, 0.4) is 0 Å². The Morgan fingerprint density at radius 2 is 1.88 bits per heavy atom. The normalized spacial score (nSPS) is 22.2. The van der Waals surface area contributed by atoms with E-state index >= 15 is 0 Å². The molecule has 3 rings (SSSR count). The first-order valence-corrected chi connectivity index (χ1v) is 10.8. The predicted octanol–water partition coefficient (Wildman–Crippen LogP) is 1.87. The molecule has 1 aromatic heterocycles. The molecule has 1 saturated carbocycles. The maximum atomic E-state index is 12.6. The summed E-state index contributed by atoms with van der Waals surface area (Å²) in [7, 11) is -3.35. The van der Waals surface area contributed by atoms with E-state index in [9.17, 15) is 13.2 Å². The van der Waals surface area contributed by atoms with Gasteiger partial charge in [-0.1, -0.05) is 12.8 Å². The number of nitrogens with one attached hydrogen (secondary N) is 1. The van der Waals surface area contributed by atoms with Gasteiger partial charge < -0.3 is 4.90 Å². The second-order valence-electron chi connectivity index (χ2n) is 7.10. The van der Waals surface area contributed by atoms with Crippen molar-refractivity contribution >= 4 is 15.9 Å². The van der Waals surface area contributed by atoms with Crippen LogP contribution in [0.5, 0.6) is 0 Å². The quantitative estimate of drug-likeness (QED) is 0.835. The Morgan fingerprint density at radius 1 is 1.16 bits per heavy atom. The Kier molecular flexibility index (Phi) is 6.06. The second kappa shape index (κ2) is 8.27. The van der Waals surface area contributed by atoms with Gasteiger partial charge in [-0.05, 0) is 49.8 Å². The number of hydrogen-bond donors (Lipinski definition) is 1. The van der Waals surface area contributed by atoms with Crippen LogP contribution < -0.4 is 4.72 Å². The van der Waals surface area contributed by atoms with Crippen molar-refractivity contribution in [2.45, 2.75) is 62.7 Å². The number of hydrogen-bond acceptors (Lipinski definition) is 4.